The molecule has 0 amide bonds. The molecule has 1 saturated heterocycles. The summed E-state index contributed by atoms with van der Waals surface area (Å²) in [5.41, 5.74) is 5.85. The predicted octanol–water partition coefficient (Wildman–Crippen LogP) is 5.31. The van der Waals surface area contributed by atoms with E-state index in [2.05, 4.69) is 35.0 Å². The predicted molar refractivity (Wildman–Crippen MR) is 96.1 cm³/mol. The molecule has 2 aromatic carbocycles. The Morgan fingerprint density at radius 3 is 2.50 bits per heavy atom. The van der Waals surface area contributed by atoms with Crippen LogP contribution in [0.5, 0.6) is 0 Å². The molecule has 3 heteroatoms. The maximum absolute atomic E-state index is 6.04. The van der Waals surface area contributed by atoms with E-state index >= 15 is 0 Å². The fourth-order valence-corrected chi connectivity index (χ4v) is 3.10. The summed E-state index contributed by atoms with van der Waals surface area (Å²) < 4.78 is 0. The highest BCUT2D eigenvalue weighted by molar-refractivity contribution is 6.30. The second-order valence-electron chi connectivity index (χ2n) is 5.93. The summed E-state index contributed by atoms with van der Waals surface area (Å²) in [6.07, 6.45) is 4.52. The molecule has 2 aromatic rings. The van der Waals surface area contributed by atoms with Crippen LogP contribution >= 0.6 is 11.6 Å². The summed E-state index contributed by atoms with van der Waals surface area (Å²) in [5.74, 6) is 0. The SMILES string of the molecule is Cc1ccc(Cl)cc1N=Cc1ccc(N2CCCC2)c(C)c1. The molecule has 3 rings (SSSR count). The zero-order chi connectivity index (χ0) is 15.5. The maximum Gasteiger partial charge on any atom is 0.0673 e. The van der Waals surface area contributed by atoms with E-state index in [0.717, 1.165) is 21.8 Å². The highest BCUT2D eigenvalue weighted by atomic mass is 35.5. The van der Waals surface area contributed by atoms with Gasteiger partial charge in [-0.25, -0.2) is 0 Å². The van der Waals surface area contributed by atoms with Crippen LogP contribution in [-0.2, 0) is 0 Å². The van der Waals surface area contributed by atoms with Gasteiger partial charge in [0.05, 0.1) is 5.69 Å². The largest absolute Gasteiger partial charge is 0.371 e. The smallest absolute Gasteiger partial charge is 0.0673 e. The van der Waals surface area contributed by atoms with Crippen LogP contribution in [0, 0.1) is 13.8 Å². The van der Waals surface area contributed by atoms with E-state index in [1.165, 1.54) is 37.2 Å². The average molecular weight is 313 g/mol. The number of anilines is 1. The first-order valence-corrected chi connectivity index (χ1v) is 8.17. The first-order chi connectivity index (χ1) is 10.6. The molecule has 114 valence electrons. The average Bonchev–Trinajstić information content (AvgIpc) is 3.02. The second-order valence-corrected chi connectivity index (χ2v) is 6.37. The third-order valence-electron chi connectivity index (χ3n) is 4.19. The molecule has 0 aliphatic carbocycles. The first kappa shape index (κ1) is 15.1. The quantitative estimate of drug-likeness (QED) is 0.701. The molecule has 1 aliphatic rings. The lowest BCUT2D eigenvalue weighted by atomic mass is 10.1. The third kappa shape index (κ3) is 3.33. The van der Waals surface area contributed by atoms with Gasteiger partial charge in [0, 0.05) is 30.0 Å². The Morgan fingerprint density at radius 2 is 1.77 bits per heavy atom. The molecule has 0 N–H and O–H groups in total. The van der Waals surface area contributed by atoms with Gasteiger partial charge >= 0.3 is 0 Å². The number of rotatable bonds is 3. The molecule has 0 aromatic heterocycles. The van der Waals surface area contributed by atoms with Gasteiger partial charge in [-0.05, 0) is 67.6 Å². The van der Waals surface area contributed by atoms with E-state index in [1.54, 1.807) is 0 Å². The van der Waals surface area contributed by atoms with Crippen molar-refractivity contribution >= 4 is 29.2 Å². The Labute approximate surface area is 137 Å². The zero-order valence-corrected chi connectivity index (χ0v) is 13.9. The van der Waals surface area contributed by atoms with Crippen molar-refractivity contribution < 1.29 is 0 Å². The van der Waals surface area contributed by atoms with Crippen LogP contribution in [0.25, 0.3) is 0 Å². The van der Waals surface area contributed by atoms with Crippen molar-refractivity contribution in [1.29, 1.82) is 0 Å². The third-order valence-corrected chi connectivity index (χ3v) is 4.43. The Morgan fingerprint density at radius 1 is 1.00 bits per heavy atom. The van der Waals surface area contributed by atoms with Crippen molar-refractivity contribution in [3.63, 3.8) is 0 Å². The fraction of sp³-hybridized carbons (Fsp3) is 0.316. The summed E-state index contributed by atoms with van der Waals surface area (Å²) in [4.78, 5) is 7.05. The molecule has 1 fully saturated rings. The molecule has 1 aliphatic heterocycles. The van der Waals surface area contributed by atoms with Crippen LogP contribution in [-0.4, -0.2) is 19.3 Å². The van der Waals surface area contributed by atoms with Crippen LogP contribution in [0.2, 0.25) is 5.02 Å². The van der Waals surface area contributed by atoms with Crippen molar-refractivity contribution in [3.8, 4) is 0 Å². The summed E-state index contributed by atoms with van der Waals surface area (Å²) in [6.45, 7) is 6.58. The monoisotopic (exact) mass is 312 g/mol. The van der Waals surface area contributed by atoms with Crippen molar-refractivity contribution in [2.75, 3.05) is 18.0 Å². The lowest BCUT2D eigenvalue weighted by Gasteiger charge is -2.20. The Balaban J connectivity index is 1.82. The molecule has 2 nitrogen and oxygen atoms in total. The zero-order valence-electron chi connectivity index (χ0n) is 13.1. The number of hydrogen-bond acceptors (Lipinski definition) is 2. The molecular weight excluding hydrogens is 292 g/mol. The van der Waals surface area contributed by atoms with Gasteiger partial charge in [0.25, 0.3) is 0 Å². The van der Waals surface area contributed by atoms with Crippen molar-refractivity contribution in [2.45, 2.75) is 26.7 Å². The fourth-order valence-electron chi connectivity index (χ4n) is 2.94. The molecule has 0 atom stereocenters. The summed E-state index contributed by atoms with van der Waals surface area (Å²) in [7, 11) is 0. The molecular formula is C19H21ClN2. The number of benzene rings is 2. The molecule has 0 radical (unpaired) electrons. The standard InChI is InChI=1S/C19H21ClN2/c1-14-5-7-17(20)12-18(14)21-13-16-6-8-19(15(2)11-16)22-9-3-4-10-22/h5-8,11-13H,3-4,9-10H2,1-2H3. The molecule has 0 bridgehead atoms. The number of hydrogen-bond donors (Lipinski definition) is 0. The van der Waals surface area contributed by atoms with E-state index < -0.39 is 0 Å². The number of aryl methyl sites for hydroxylation is 2. The van der Waals surface area contributed by atoms with E-state index in [-0.39, 0.29) is 0 Å². The van der Waals surface area contributed by atoms with Crippen molar-refractivity contribution in [3.05, 3.63) is 58.1 Å². The normalized spacial score (nSPS) is 15.0. The van der Waals surface area contributed by atoms with Gasteiger partial charge < -0.3 is 4.90 Å². The van der Waals surface area contributed by atoms with Gasteiger partial charge in [-0.2, -0.15) is 0 Å². The maximum atomic E-state index is 6.04. The summed E-state index contributed by atoms with van der Waals surface area (Å²) >= 11 is 6.04. The van der Waals surface area contributed by atoms with Crippen LogP contribution in [0.1, 0.15) is 29.5 Å². The molecule has 0 saturated carbocycles. The van der Waals surface area contributed by atoms with E-state index in [4.69, 9.17) is 11.6 Å². The first-order valence-electron chi connectivity index (χ1n) is 7.79. The Bertz CT molecular complexity index is 701. The van der Waals surface area contributed by atoms with Gasteiger partial charge in [0.15, 0.2) is 0 Å². The topological polar surface area (TPSA) is 15.6 Å². The highest BCUT2D eigenvalue weighted by Crippen LogP contribution is 2.26. The lowest BCUT2D eigenvalue weighted by Crippen LogP contribution is -2.18. The molecule has 1 heterocycles. The number of halogens is 1. The Hall–Kier alpha value is -1.80. The van der Waals surface area contributed by atoms with Crippen LogP contribution in [0.3, 0.4) is 0 Å². The minimum atomic E-state index is 0.721. The molecule has 0 spiro atoms. The van der Waals surface area contributed by atoms with Gasteiger partial charge in [-0.15, -0.1) is 0 Å². The van der Waals surface area contributed by atoms with E-state index in [9.17, 15) is 0 Å². The van der Waals surface area contributed by atoms with Gasteiger partial charge in [0.2, 0.25) is 0 Å². The van der Waals surface area contributed by atoms with Crippen molar-refractivity contribution in [1.82, 2.24) is 0 Å². The highest BCUT2D eigenvalue weighted by Gasteiger charge is 2.13. The summed E-state index contributed by atoms with van der Waals surface area (Å²) in [6, 6.07) is 12.4. The van der Waals surface area contributed by atoms with Gasteiger partial charge in [-0.3, -0.25) is 4.99 Å². The van der Waals surface area contributed by atoms with Crippen LogP contribution < -0.4 is 4.90 Å². The molecule has 0 unspecified atom stereocenters. The van der Waals surface area contributed by atoms with Crippen LogP contribution in [0.15, 0.2) is 41.4 Å². The van der Waals surface area contributed by atoms with Crippen LogP contribution in [0.4, 0.5) is 11.4 Å². The van der Waals surface area contributed by atoms with Gasteiger partial charge in [-0.1, -0.05) is 23.7 Å². The van der Waals surface area contributed by atoms with Crippen molar-refractivity contribution in [2.24, 2.45) is 4.99 Å². The lowest BCUT2D eigenvalue weighted by molar-refractivity contribution is 0.949. The van der Waals surface area contributed by atoms with E-state index in [1.807, 2.05) is 31.3 Å². The number of aliphatic imine (C=N–C) groups is 1. The van der Waals surface area contributed by atoms with E-state index in [0.29, 0.717) is 0 Å². The minimum Gasteiger partial charge on any atom is -0.371 e. The molecule has 22 heavy (non-hydrogen) atoms. The minimum absolute atomic E-state index is 0.721. The summed E-state index contributed by atoms with van der Waals surface area (Å²) in [5, 5.41) is 0.721. The Kier molecular flexibility index (Phi) is 4.49. The second kappa shape index (κ2) is 6.53. The number of nitrogens with zero attached hydrogens (tertiary/aromatic N) is 2. The van der Waals surface area contributed by atoms with Gasteiger partial charge in [0.1, 0.15) is 0 Å².